The number of hydrogen-bond donors (Lipinski definition) is 0. The topological polar surface area (TPSA) is 0 Å². The van der Waals surface area contributed by atoms with Crippen LogP contribution in [-0.4, -0.2) is 0 Å². The van der Waals surface area contributed by atoms with Crippen LogP contribution in [0.2, 0.25) is 0 Å². The van der Waals surface area contributed by atoms with Gasteiger partial charge in [-0.2, -0.15) is 0 Å². The van der Waals surface area contributed by atoms with Crippen LogP contribution in [0.15, 0.2) is 36.4 Å². The van der Waals surface area contributed by atoms with Gasteiger partial charge in [-0.05, 0) is 48.9 Å². The summed E-state index contributed by atoms with van der Waals surface area (Å²) in [5.41, 5.74) is 9.18. The van der Waals surface area contributed by atoms with E-state index in [1.807, 2.05) is 0 Å². The molecule has 2 atom stereocenters. The van der Waals surface area contributed by atoms with Crippen molar-refractivity contribution < 1.29 is 0 Å². The Bertz CT molecular complexity index is 579. The maximum absolute atomic E-state index is 2.41. The van der Waals surface area contributed by atoms with E-state index in [0.717, 1.165) is 0 Å². The third kappa shape index (κ3) is 1.26. The molecule has 0 saturated heterocycles. The predicted octanol–water partition coefficient (Wildman–Crippen LogP) is 4.67. The molecule has 2 unspecified atom stereocenters. The molecule has 5 rings (SSSR count). The van der Waals surface area contributed by atoms with Crippen molar-refractivity contribution in [1.29, 1.82) is 0 Å². The Morgan fingerprint density at radius 3 is 1.56 bits per heavy atom. The lowest BCUT2D eigenvalue weighted by Crippen LogP contribution is -2.24. The fraction of sp³-hybridized carbons (Fsp3) is 0.333. The van der Waals surface area contributed by atoms with Gasteiger partial charge in [-0.25, -0.2) is 0 Å². The molecule has 90 valence electrons. The molecular weight excluding hydrogens is 216 g/mol. The fourth-order valence-electron chi connectivity index (χ4n) is 3.92. The predicted molar refractivity (Wildman–Crippen MR) is 75.3 cm³/mol. The zero-order chi connectivity index (χ0) is 12.3. The summed E-state index contributed by atoms with van der Waals surface area (Å²) in [5.74, 6) is 1.31. The average Bonchev–Trinajstić information content (AvgIpc) is 2.38. The molecule has 0 aromatic heterocycles. The molecule has 0 heterocycles. The average molecular weight is 234 g/mol. The Balaban J connectivity index is 1.99. The highest BCUT2D eigenvalue weighted by Crippen LogP contribution is 2.52. The second kappa shape index (κ2) is 3.47. The second-order valence-electron chi connectivity index (χ2n) is 5.95. The summed E-state index contributed by atoms with van der Waals surface area (Å²) >= 11 is 0. The van der Waals surface area contributed by atoms with E-state index in [9.17, 15) is 0 Å². The number of aryl methyl sites for hydroxylation is 2. The van der Waals surface area contributed by atoms with E-state index in [0.29, 0.717) is 11.8 Å². The van der Waals surface area contributed by atoms with Crippen LogP contribution < -0.4 is 0 Å². The van der Waals surface area contributed by atoms with Crippen LogP contribution in [-0.2, 0) is 0 Å². The van der Waals surface area contributed by atoms with Gasteiger partial charge in [0.25, 0.3) is 0 Å². The minimum absolute atomic E-state index is 0.653. The Morgan fingerprint density at radius 1 is 0.667 bits per heavy atom. The van der Waals surface area contributed by atoms with Crippen LogP contribution in [0, 0.1) is 13.8 Å². The van der Waals surface area contributed by atoms with E-state index in [-0.39, 0.29) is 0 Å². The van der Waals surface area contributed by atoms with E-state index < -0.39 is 0 Å². The van der Waals surface area contributed by atoms with Crippen LogP contribution >= 0.6 is 0 Å². The highest BCUT2D eigenvalue weighted by atomic mass is 14.4. The van der Waals surface area contributed by atoms with Crippen molar-refractivity contribution in [3.63, 3.8) is 0 Å². The van der Waals surface area contributed by atoms with E-state index in [2.05, 4.69) is 50.2 Å². The van der Waals surface area contributed by atoms with Crippen molar-refractivity contribution in [1.82, 2.24) is 0 Å². The molecule has 2 aromatic carbocycles. The van der Waals surface area contributed by atoms with Crippen LogP contribution in [0.3, 0.4) is 0 Å². The standard InChI is InChI=1S/C18H18/c1-11-3-5-13-16-8-7-15(17(13)9-11)14-6-4-12(2)10-18(14)16/h3-6,9-10,15-16H,7-8H2,1-2H3. The molecule has 0 aliphatic heterocycles. The maximum Gasteiger partial charge on any atom is 0.00956 e. The van der Waals surface area contributed by atoms with Crippen LogP contribution in [0.1, 0.15) is 58.1 Å². The molecule has 0 saturated carbocycles. The van der Waals surface area contributed by atoms with E-state index in [1.165, 1.54) is 24.0 Å². The molecule has 0 nitrogen and oxygen atoms in total. The molecule has 0 amide bonds. The van der Waals surface area contributed by atoms with Gasteiger partial charge in [0.15, 0.2) is 0 Å². The van der Waals surface area contributed by atoms with Gasteiger partial charge >= 0.3 is 0 Å². The summed E-state index contributed by atoms with van der Waals surface area (Å²) in [7, 11) is 0. The van der Waals surface area contributed by atoms with Crippen molar-refractivity contribution in [2.45, 2.75) is 38.5 Å². The van der Waals surface area contributed by atoms with Crippen LogP contribution in [0.5, 0.6) is 0 Å². The highest BCUT2D eigenvalue weighted by Gasteiger charge is 2.36. The van der Waals surface area contributed by atoms with Crippen molar-refractivity contribution >= 4 is 0 Å². The lowest BCUT2D eigenvalue weighted by Gasteiger charge is -2.40. The minimum Gasteiger partial charge on any atom is -0.0590 e. The van der Waals surface area contributed by atoms with Gasteiger partial charge in [-0.15, -0.1) is 0 Å². The first kappa shape index (κ1) is 10.4. The summed E-state index contributed by atoms with van der Waals surface area (Å²) in [6, 6.07) is 14.1. The number of fused-ring (bicyclic) bond motifs is 1. The first-order chi connectivity index (χ1) is 8.74. The Labute approximate surface area is 109 Å². The van der Waals surface area contributed by atoms with Crippen LogP contribution in [0.4, 0.5) is 0 Å². The van der Waals surface area contributed by atoms with E-state index in [1.54, 1.807) is 22.3 Å². The van der Waals surface area contributed by atoms with Gasteiger partial charge in [0.2, 0.25) is 0 Å². The SMILES string of the molecule is Cc1ccc2c(c1)C1CCC2c2cc(C)ccc21. The van der Waals surface area contributed by atoms with Crippen molar-refractivity contribution in [3.05, 3.63) is 69.8 Å². The third-order valence-electron chi connectivity index (χ3n) is 4.73. The molecule has 3 aliphatic rings. The number of benzene rings is 2. The molecule has 2 bridgehead atoms. The molecule has 18 heavy (non-hydrogen) atoms. The Morgan fingerprint density at radius 2 is 1.11 bits per heavy atom. The molecule has 0 radical (unpaired) electrons. The van der Waals surface area contributed by atoms with E-state index >= 15 is 0 Å². The summed E-state index contributed by atoms with van der Waals surface area (Å²) in [6.45, 7) is 4.41. The monoisotopic (exact) mass is 234 g/mol. The quantitative estimate of drug-likeness (QED) is 0.621. The van der Waals surface area contributed by atoms with Gasteiger partial charge in [-0.1, -0.05) is 47.5 Å². The zero-order valence-electron chi connectivity index (χ0n) is 11.0. The largest absolute Gasteiger partial charge is 0.0590 e. The minimum atomic E-state index is 0.653. The van der Waals surface area contributed by atoms with Gasteiger partial charge in [0, 0.05) is 11.8 Å². The highest BCUT2D eigenvalue weighted by molar-refractivity contribution is 5.56. The van der Waals surface area contributed by atoms with Crippen molar-refractivity contribution in [2.24, 2.45) is 0 Å². The summed E-state index contributed by atoms with van der Waals surface area (Å²) < 4.78 is 0. The van der Waals surface area contributed by atoms with Gasteiger partial charge in [-0.3, -0.25) is 0 Å². The summed E-state index contributed by atoms with van der Waals surface area (Å²) in [5, 5.41) is 0. The smallest absolute Gasteiger partial charge is 0.00956 e. The number of hydrogen-bond acceptors (Lipinski definition) is 0. The summed E-state index contributed by atoms with van der Waals surface area (Å²) in [6.07, 6.45) is 2.66. The first-order valence-corrected chi connectivity index (χ1v) is 6.95. The number of rotatable bonds is 0. The van der Waals surface area contributed by atoms with Crippen LogP contribution in [0.25, 0.3) is 0 Å². The maximum atomic E-state index is 2.41. The molecular formula is C18H18. The molecule has 2 aromatic rings. The van der Waals surface area contributed by atoms with Gasteiger partial charge in [0.05, 0.1) is 0 Å². The van der Waals surface area contributed by atoms with Crippen molar-refractivity contribution in [2.75, 3.05) is 0 Å². The second-order valence-corrected chi connectivity index (χ2v) is 5.95. The Hall–Kier alpha value is -1.56. The normalized spacial score (nSPS) is 23.7. The van der Waals surface area contributed by atoms with Gasteiger partial charge < -0.3 is 0 Å². The summed E-state index contributed by atoms with van der Waals surface area (Å²) in [4.78, 5) is 0. The van der Waals surface area contributed by atoms with E-state index in [4.69, 9.17) is 0 Å². The third-order valence-corrected chi connectivity index (χ3v) is 4.73. The molecule has 0 spiro atoms. The lowest BCUT2D eigenvalue weighted by molar-refractivity contribution is 0.519. The van der Waals surface area contributed by atoms with Gasteiger partial charge in [0.1, 0.15) is 0 Å². The Kier molecular flexibility index (Phi) is 2.00. The molecule has 0 fully saturated rings. The fourth-order valence-corrected chi connectivity index (χ4v) is 3.92. The van der Waals surface area contributed by atoms with Crippen molar-refractivity contribution in [3.8, 4) is 0 Å². The molecule has 0 N–H and O–H groups in total. The lowest BCUT2D eigenvalue weighted by atomic mass is 9.63. The molecule has 3 aliphatic carbocycles. The molecule has 0 heteroatoms. The zero-order valence-corrected chi connectivity index (χ0v) is 11.0. The first-order valence-electron chi connectivity index (χ1n) is 6.95.